The van der Waals surface area contributed by atoms with Gasteiger partial charge in [-0.25, -0.2) is 15.0 Å². The van der Waals surface area contributed by atoms with Crippen LogP contribution in [0.1, 0.15) is 5.69 Å². The number of hydrogen-bond acceptors (Lipinski definition) is 4. The summed E-state index contributed by atoms with van der Waals surface area (Å²) in [7, 11) is 0. The second kappa shape index (κ2) is 3.73. The molecular weight excluding hydrogens is 204 g/mol. The van der Waals surface area contributed by atoms with E-state index in [1.165, 1.54) is 18.6 Å². The molecule has 0 bridgehead atoms. The van der Waals surface area contributed by atoms with E-state index in [1.54, 1.807) is 0 Å². The number of aliphatic hydroxyl groups is 1. The van der Waals surface area contributed by atoms with Crippen LogP contribution in [0.3, 0.4) is 0 Å². The molecule has 72 valence electrons. The van der Waals surface area contributed by atoms with Crippen molar-refractivity contribution in [2.75, 3.05) is 0 Å². The van der Waals surface area contributed by atoms with Gasteiger partial charge in [-0.2, -0.15) is 0 Å². The van der Waals surface area contributed by atoms with Gasteiger partial charge in [0.1, 0.15) is 0 Å². The average molecular weight is 211 g/mol. The van der Waals surface area contributed by atoms with E-state index in [0.29, 0.717) is 22.4 Å². The minimum Gasteiger partial charge on any atom is -0.390 e. The summed E-state index contributed by atoms with van der Waals surface area (Å²) in [6, 6.07) is 0. The Balaban J connectivity index is 2.34. The van der Waals surface area contributed by atoms with Crippen molar-refractivity contribution in [2.24, 2.45) is 0 Å². The summed E-state index contributed by atoms with van der Waals surface area (Å²) < 4.78 is 0. The SMILES string of the molecule is OCc1cnc(-c2ncc(Cl)cn2)[nH]1. The zero-order valence-electron chi connectivity index (χ0n) is 7.11. The third kappa shape index (κ3) is 1.73. The Kier molecular flexibility index (Phi) is 2.43. The number of halogens is 1. The highest BCUT2D eigenvalue weighted by Crippen LogP contribution is 2.11. The first-order valence-electron chi connectivity index (χ1n) is 3.92. The summed E-state index contributed by atoms with van der Waals surface area (Å²) in [5.41, 5.74) is 0.624. The lowest BCUT2D eigenvalue weighted by Gasteiger charge is -1.94. The number of nitrogens with zero attached hydrogens (tertiary/aromatic N) is 3. The Morgan fingerprint density at radius 3 is 2.50 bits per heavy atom. The molecule has 2 rings (SSSR count). The molecule has 0 radical (unpaired) electrons. The van der Waals surface area contributed by atoms with Gasteiger partial charge in [0.25, 0.3) is 0 Å². The Bertz CT molecular complexity index is 425. The molecule has 0 aromatic carbocycles. The van der Waals surface area contributed by atoms with Gasteiger partial charge in [-0.3, -0.25) is 0 Å². The number of H-pyrrole nitrogens is 1. The normalized spacial score (nSPS) is 10.4. The molecule has 0 spiro atoms. The van der Waals surface area contributed by atoms with E-state index >= 15 is 0 Å². The van der Waals surface area contributed by atoms with Crippen molar-refractivity contribution in [3.63, 3.8) is 0 Å². The molecule has 0 aliphatic rings. The van der Waals surface area contributed by atoms with Gasteiger partial charge in [0.05, 0.1) is 23.5 Å². The van der Waals surface area contributed by atoms with E-state index < -0.39 is 0 Å². The molecular formula is C8H7ClN4O. The number of nitrogens with one attached hydrogen (secondary N) is 1. The molecule has 2 heterocycles. The van der Waals surface area contributed by atoms with Crippen molar-refractivity contribution in [3.8, 4) is 11.6 Å². The molecule has 0 fully saturated rings. The lowest BCUT2D eigenvalue weighted by Crippen LogP contribution is -1.90. The molecule has 2 N–H and O–H groups in total. The second-order valence-electron chi connectivity index (χ2n) is 2.64. The first kappa shape index (κ1) is 9.11. The Morgan fingerprint density at radius 1 is 1.21 bits per heavy atom. The summed E-state index contributed by atoms with van der Waals surface area (Å²) in [4.78, 5) is 14.8. The van der Waals surface area contributed by atoms with Crippen LogP contribution in [0.25, 0.3) is 11.6 Å². The van der Waals surface area contributed by atoms with Crippen molar-refractivity contribution in [3.05, 3.63) is 29.3 Å². The predicted octanol–water partition coefficient (Wildman–Crippen LogP) is 1.01. The molecule has 5 nitrogen and oxygen atoms in total. The molecule has 0 aliphatic carbocycles. The number of hydrogen-bond donors (Lipinski definition) is 2. The van der Waals surface area contributed by atoms with Gasteiger partial charge >= 0.3 is 0 Å². The van der Waals surface area contributed by atoms with Crippen LogP contribution in [-0.4, -0.2) is 25.0 Å². The molecule has 14 heavy (non-hydrogen) atoms. The highest BCUT2D eigenvalue weighted by Gasteiger charge is 2.05. The number of rotatable bonds is 2. The zero-order valence-corrected chi connectivity index (χ0v) is 7.86. The van der Waals surface area contributed by atoms with Crippen LogP contribution in [0, 0.1) is 0 Å². The van der Waals surface area contributed by atoms with Gasteiger partial charge in [-0.05, 0) is 0 Å². The fourth-order valence-electron chi connectivity index (χ4n) is 0.988. The zero-order chi connectivity index (χ0) is 9.97. The summed E-state index contributed by atoms with van der Waals surface area (Å²) in [6.07, 6.45) is 4.52. The molecule has 0 aliphatic heterocycles. The molecule has 0 amide bonds. The van der Waals surface area contributed by atoms with Crippen LogP contribution < -0.4 is 0 Å². The Hall–Kier alpha value is -1.46. The van der Waals surface area contributed by atoms with E-state index in [2.05, 4.69) is 19.9 Å². The molecule has 2 aromatic heterocycles. The lowest BCUT2D eigenvalue weighted by molar-refractivity contribution is 0.277. The van der Waals surface area contributed by atoms with Crippen molar-refractivity contribution >= 4 is 11.6 Å². The maximum Gasteiger partial charge on any atom is 0.195 e. The lowest BCUT2D eigenvalue weighted by atomic mass is 10.5. The van der Waals surface area contributed by atoms with Crippen LogP contribution in [0.2, 0.25) is 5.02 Å². The first-order valence-corrected chi connectivity index (χ1v) is 4.30. The van der Waals surface area contributed by atoms with Crippen LogP contribution in [0.4, 0.5) is 0 Å². The molecule has 0 saturated carbocycles. The second-order valence-corrected chi connectivity index (χ2v) is 3.08. The largest absolute Gasteiger partial charge is 0.390 e. The van der Waals surface area contributed by atoms with E-state index in [-0.39, 0.29) is 6.61 Å². The third-order valence-electron chi connectivity index (χ3n) is 1.63. The highest BCUT2D eigenvalue weighted by molar-refractivity contribution is 6.30. The van der Waals surface area contributed by atoms with E-state index in [4.69, 9.17) is 16.7 Å². The average Bonchev–Trinajstić information content (AvgIpc) is 2.67. The maximum atomic E-state index is 8.81. The van der Waals surface area contributed by atoms with Crippen molar-refractivity contribution < 1.29 is 5.11 Å². The number of aromatic amines is 1. The monoisotopic (exact) mass is 210 g/mol. The number of aliphatic hydroxyl groups excluding tert-OH is 1. The van der Waals surface area contributed by atoms with Crippen molar-refractivity contribution in [2.45, 2.75) is 6.61 Å². The van der Waals surface area contributed by atoms with E-state index in [0.717, 1.165) is 0 Å². The van der Waals surface area contributed by atoms with Gasteiger partial charge in [0.2, 0.25) is 0 Å². The van der Waals surface area contributed by atoms with Gasteiger partial charge < -0.3 is 10.1 Å². The topological polar surface area (TPSA) is 74.7 Å². The minimum absolute atomic E-state index is 0.0827. The first-order chi connectivity index (χ1) is 6.79. The molecule has 0 atom stereocenters. The van der Waals surface area contributed by atoms with Crippen LogP contribution in [-0.2, 0) is 6.61 Å². The molecule has 2 aromatic rings. The number of imidazole rings is 1. The van der Waals surface area contributed by atoms with Gasteiger partial charge in [0, 0.05) is 12.4 Å². The molecule has 0 unspecified atom stereocenters. The summed E-state index contributed by atoms with van der Waals surface area (Å²) >= 11 is 5.64. The summed E-state index contributed by atoms with van der Waals surface area (Å²) in [5.74, 6) is 0.972. The minimum atomic E-state index is -0.0827. The third-order valence-corrected chi connectivity index (χ3v) is 1.83. The highest BCUT2D eigenvalue weighted by atomic mass is 35.5. The molecule has 6 heteroatoms. The van der Waals surface area contributed by atoms with Gasteiger partial charge in [-0.1, -0.05) is 11.6 Å². The summed E-state index contributed by atoms with van der Waals surface area (Å²) in [5, 5.41) is 9.28. The van der Waals surface area contributed by atoms with Crippen LogP contribution in [0.15, 0.2) is 18.6 Å². The van der Waals surface area contributed by atoms with Gasteiger partial charge in [0.15, 0.2) is 11.6 Å². The summed E-state index contributed by atoms with van der Waals surface area (Å²) in [6.45, 7) is -0.0827. The van der Waals surface area contributed by atoms with Crippen molar-refractivity contribution in [1.29, 1.82) is 0 Å². The Labute approximate surface area is 84.8 Å². The van der Waals surface area contributed by atoms with Crippen LogP contribution >= 0.6 is 11.6 Å². The van der Waals surface area contributed by atoms with Crippen LogP contribution in [0.5, 0.6) is 0 Å². The quantitative estimate of drug-likeness (QED) is 0.776. The van der Waals surface area contributed by atoms with Crippen molar-refractivity contribution in [1.82, 2.24) is 19.9 Å². The number of aromatic nitrogens is 4. The molecule has 0 saturated heterocycles. The smallest absolute Gasteiger partial charge is 0.195 e. The standard InChI is InChI=1S/C8H7ClN4O/c9-5-1-10-7(11-2-5)8-12-3-6(4-14)13-8/h1-3,14H,4H2,(H,12,13). The predicted molar refractivity (Wildman–Crippen MR) is 50.5 cm³/mol. The fraction of sp³-hybridized carbons (Fsp3) is 0.125. The Morgan fingerprint density at radius 2 is 1.93 bits per heavy atom. The van der Waals surface area contributed by atoms with E-state index in [9.17, 15) is 0 Å². The van der Waals surface area contributed by atoms with E-state index in [1.807, 2.05) is 0 Å². The fourth-order valence-corrected chi connectivity index (χ4v) is 1.09. The maximum absolute atomic E-state index is 8.81. The van der Waals surface area contributed by atoms with Gasteiger partial charge in [-0.15, -0.1) is 0 Å².